The lowest BCUT2D eigenvalue weighted by atomic mass is 9.99. The van der Waals surface area contributed by atoms with Crippen molar-refractivity contribution in [1.82, 2.24) is 4.57 Å². The molecule has 0 N–H and O–H groups in total. The number of benzene rings is 5. The van der Waals surface area contributed by atoms with Crippen LogP contribution in [0.5, 0.6) is 0 Å². The van der Waals surface area contributed by atoms with E-state index in [1.807, 2.05) is 12.1 Å². The Morgan fingerprint density at radius 2 is 1.24 bits per heavy atom. The molecule has 1 radical (unpaired) electrons. The van der Waals surface area contributed by atoms with Gasteiger partial charge in [-0.05, 0) is 52.2 Å². The highest BCUT2D eigenvalue weighted by atomic mass is 15.0. The number of hydrogen-bond donors (Lipinski definition) is 0. The zero-order chi connectivity index (χ0) is 19.2. The highest BCUT2D eigenvalue weighted by molar-refractivity contribution is 6.10. The smallest absolute Gasteiger partial charge is 0.0541 e. The second kappa shape index (κ2) is 6.35. The van der Waals surface area contributed by atoms with E-state index in [4.69, 9.17) is 0 Å². The van der Waals surface area contributed by atoms with Crippen molar-refractivity contribution in [3.05, 3.63) is 115 Å². The Hall–Kier alpha value is -3.84. The molecule has 5 aromatic carbocycles. The van der Waals surface area contributed by atoms with Crippen molar-refractivity contribution >= 4 is 32.6 Å². The lowest BCUT2D eigenvalue weighted by molar-refractivity contribution is 1.18. The van der Waals surface area contributed by atoms with Gasteiger partial charge in [-0.25, -0.2) is 0 Å². The fourth-order valence-electron chi connectivity index (χ4n) is 4.30. The van der Waals surface area contributed by atoms with Crippen LogP contribution in [0.15, 0.2) is 109 Å². The van der Waals surface area contributed by atoms with Gasteiger partial charge in [-0.2, -0.15) is 0 Å². The van der Waals surface area contributed by atoms with Crippen LogP contribution >= 0.6 is 0 Å². The summed E-state index contributed by atoms with van der Waals surface area (Å²) in [6, 6.07) is 42.2. The van der Waals surface area contributed by atoms with Gasteiger partial charge in [0, 0.05) is 16.8 Å². The lowest BCUT2D eigenvalue weighted by Crippen LogP contribution is -1.93. The Morgan fingerprint density at radius 3 is 2.14 bits per heavy atom. The summed E-state index contributed by atoms with van der Waals surface area (Å²) < 4.78 is 2.30. The van der Waals surface area contributed by atoms with E-state index in [2.05, 4.69) is 108 Å². The van der Waals surface area contributed by atoms with Crippen LogP contribution in [0.2, 0.25) is 0 Å². The quantitative estimate of drug-likeness (QED) is 0.300. The van der Waals surface area contributed by atoms with E-state index in [1.54, 1.807) is 0 Å². The fourth-order valence-corrected chi connectivity index (χ4v) is 4.30. The Balaban J connectivity index is 1.63. The molecular weight excluding hydrogens is 350 g/mol. The Morgan fingerprint density at radius 1 is 0.517 bits per heavy atom. The third-order valence-corrected chi connectivity index (χ3v) is 5.69. The molecule has 0 saturated heterocycles. The molecule has 1 aromatic heterocycles. The number of para-hydroxylation sites is 2. The fraction of sp³-hybridized carbons (Fsp3) is 0. The minimum absolute atomic E-state index is 1.07. The summed E-state index contributed by atoms with van der Waals surface area (Å²) in [6.07, 6.45) is 0. The molecule has 0 spiro atoms. The summed E-state index contributed by atoms with van der Waals surface area (Å²) in [5.74, 6) is 0. The molecule has 0 saturated carbocycles. The van der Waals surface area contributed by atoms with Gasteiger partial charge in [0.05, 0.1) is 16.7 Å². The van der Waals surface area contributed by atoms with Gasteiger partial charge in [0.15, 0.2) is 0 Å². The largest absolute Gasteiger partial charge is 0.309 e. The minimum Gasteiger partial charge on any atom is -0.309 e. The number of fused-ring (bicyclic) bond motifs is 4. The molecule has 0 unspecified atom stereocenters. The summed E-state index contributed by atoms with van der Waals surface area (Å²) in [5, 5.41) is 5.07. The Bertz CT molecular complexity index is 1490. The van der Waals surface area contributed by atoms with Crippen LogP contribution in [-0.2, 0) is 0 Å². The average Bonchev–Trinajstić information content (AvgIpc) is 3.13. The second-order valence-electron chi connectivity index (χ2n) is 7.39. The molecule has 0 bridgehead atoms. The lowest BCUT2D eigenvalue weighted by Gasteiger charge is -2.08. The molecule has 0 aliphatic heterocycles. The van der Waals surface area contributed by atoms with Gasteiger partial charge in [-0.1, -0.05) is 78.9 Å². The molecule has 0 atom stereocenters. The first-order valence-corrected chi connectivity index (χ1v) is 9.88. The second-order valence-corrected chi connectivity index (χ2v) is 7.39. The summed E-state index contributed by atoms with van der Waals surface area (Å²) >= 11 is 0. The van der Waals surface area contributed by atoms with Crippen LogP contribution < -0.4 is 0 Å². The predicted octanol–water partition coefficient (Wildman–Crippen LogP) is 7.40. The zero-order valence-electron chi connectivity index (χ0n) is 15.8. The number of rotatable bonds is 2. The standard InChI is InChI=1S/C28H18N/c1-2-10-24(11-3-1)29-27-13-7-6-12-25(27)26-19-23(16-17-28(26)29)22-15-14-20-8-4-5-9-21(20)18-22/h1-10,12-19H. The van der Waals surface area contributed by atoms with E-state index in [0.717, 1.165) is 5.69 Å². The minimum atomic E-state index is 1.07. The van der Waals surface area contributed by atoms with Crippen LogP contribution in [-0.4, -0.2) is 4.57 Å². The highest BCUT2D eigenvalue weighted by Gasteiger charge is 2.13. The van der Waals surface area contributed by atoms with Crippen molar-refractivity contribution in [2.24, 2.45) is 0 Å². The molecule has 6 aromatic rings. The van der Waals surface area contributed by atoms with Crippen LogP contribution in [0.4, 0.5) is 0 Å². The summed E-state index contributed by atoms with van der Waals surface area (Å²) in [4.78, 5) is 0. The summed E-state index contributed by atoms with van der Waals surface area (Å²) in [5.41, 5.74) is 5.97. The van der Waals surface area contributed by atoms with E-state index in [0.29, 0.717) is 0 Å². The molecule has 0 amide bonds. The van der Waals surface area contributed by atoms with E-state index >= 15 is 0 Å². The third-order valence-electron chi connectivity index (χ3n) is 5.69. The van der Waals surface area contributed by atoms with Gasteiger partial charge in [0.25, 0.3) is 0 Å². The normalized spacial score (nSPS) is 11.4. The molecule has 0 aliphatic rings. The number of nitrogens with zero attached hydrogens (tertiary/aromatic N) is 1. The van der Waals surface area contributed by atoms with Crippen LogP contribution in [0.3, 0.4) is 0 Å². The van der Waals surface area contributed by atoms with Gasteiger partial charge < -0.3 is 4.57 Å². The molecule has 29 heavy (non-hydrogen) atoms. The topological polar surface area (TPSA) is 4.93 Å². The van der Waals surface area contributed by atoms with Crippen molar-refractivity contribution in [3.8, 4) is 16.8 Å². The maximum absolute atomic E-state index is 3.38. The first kappa shape index (κ1) is 16.1. The first-order chi connectivity index (χ1) is 14.4. The van der Waals surface area contributed by atoms with Crippen molar-refractivity contribution in [1.29, 1.82) is 0 Å². The average molecular weight is 368 g/mol. The third kappa shape index (κ3) is 2.55. The van der Waals surface area contributed by atoms with Crippen LogP contribution in [0, 0.1) is 6.07 Å². The maximum atomic E-state index is 3.38. The van der Waals surface area contributed by atoms with Gasteiger partial charge >= 0.3 is 0 Å². The molecule has 1 heterocycles. The van der Waals surface area contributed by atoms with Gasteiger partial charge in [-0.15, -0.1) is 0 Å². The maximum Gasteiger partial charge on any atom is 0.0541 e. The van der Waals surface area contributed by atoms with Crippen LogP contribution in [0.1, 0.15) is 0 Å². The van der Waals surface area contributed by atoms with Crippen molar-refractivity contribution in [2.75, 3.05) is 0 Å². The van der Waals surface area contributed by atoms with E-state index in [9.17, 15) is 0 Å². The zero-order valence-corrected chi connectivity index (χ0v) is 15.8. The molecule has 0 aliphatic carbocycles. The predicted molar refractivity (Wildman–Crippen MR) is 123 cm³/mol. The molecule has 1 nitrogen and oxygen atoms in total. The molecule has 135 valence electrons. The highest BCUT2D eigenvalue weighted by Crippen LogP contribution is 2.35. The molecule has 1 heteroatoms. The molecule has 0 fully saturated rings. The SMILES string of the molecule is [c]1ccccc1-n1c2ccccc2c2cc(-c3ccc4ccccc4c3)ccc21. The van der Waals surface area contributed by atoms with E-state index in [-0.39, 0.29) is 0 Å². The summed E-state index contributed by atoms with van der Waals surface area (Å²) in [6.45, 7) is 0. The molecular formula is C28H18N. The molecule has 6 rings (SSSR count). The van der Waals surface area contributed by atoms with Gasteiger partial charge in [0.1, 0.15) is 0 Å². The van der Waals surface area contributed by atoms with Gasteiger partial charge in [-0.3, -0.25) is 0 Å². The van der Waals surface area contributed by atoms with Crippen molar-refractivity contribution in [2.45, 2.75) is 0 Å². The number of hydrogen-bond acceptors (Lipinski definition) is 0. The van der Waals surface area contributed by atoms with Crippen LogP contribution in [0.25, 0.3) is 49.4 Å². The van der Waals surface area contributed by atoms with Crippen molar-refractivity contribution < 1.29 is 0 Å². The van der Waals surface area contributed by atoms with E-state index < -0.39 is 0 Å². The van der Waals surface area contributed by atoms with E-state index in [1.165, 1.54) is 43.7 Å². The first-order valence-electron chi connectivity index (χ1n) is 9.88. The van der Waals surface area contributed by atoms with Gasteiger partial charge in [0.2, 0.25) is 0 Å². The Kier molecular flexibility index (Phi) is 3.54. The number of aromatic nitrogens is 1. The summed E-state index contributed by atoms with van der Waals surface area (Å²) in [7, 11) is 0. The Labute approximate surface area is 169 Å². The monoisotopic (exact) mass is 368 g/mol. The van der Waals surface area contributed by atoms with Crippen molar-refractivity contribution in [3.63, 3.8) is 0 Å².